The molecule has 1 aromatic carbocycles. The van der Waals surface area contributed by atoms with Gasteiger partial charge in [0.1, 0.15) is 11.1 Å². The van der Waals surface area contributed by atoms with Gasteiger partial charge >= 0.3 is 6.18 Å². The van der Waals surface area contributed by atoms with Crippen molar-refractivity contribution in [3.8, 4) is 6.07 Å². The minimum atomic E-state index is -4.47. The Kier molecular flexibility index (Phi) is 4.28. The molecule has 0 spiro atoms. The highest BCUT2D eigenvalue weighted by Gasteiger charge is 2.31. The lowest BCUT2D eigenvalue weighted by Crippen LogP contribution is -2.08. The quantitative estimate of drug-likeness (QED) is 0.888. The van der Waals surface area contributed by atoms with Crippen molar-refractivity contribution in [1.29, 1.82) is 5.26 Å². The first-order valence-corrected chi connectivity index (χ1v) is 7.14. The molecule has 2 rings (SSSR count). The zero-order valence-corrected chi connectivity index (χ0v) is 12.5. The highest BCUT2D eigenvalue weighted by atomic mass is 32.1. The Morgan fingerprint density at radius 2 is 2.00 bits per heavy atom. The van der Waals surface area contributed by atoms with E-state index in [9.17, 15) is 18.0 Å². The summed E-state index contributed by atoms with van der Waals surface area (Å²) in [7, 11) is 0. The van der Waals surface area contributed by atoms with E-state index in [0.29, 0.717) is 5.56 Å². The standard InChI is InChI=1S/C14H12F3N3OS/c1-7(2)8-3-9(14(15,16)17)5-10(4-8)19-13-11(6-18)12(21)20-22-13/h3-5,7,19H,1-2H3,(H,20,21). The summed E-state index contributed by atoms with van der Waals surface area (Å²) in [4.78, 5) is 11.4. The van der Waals surface area contributed by atoms with Gasteiger partial charge in [-0.15, -0.1) is 0 Å². The minimum Gasteiger partial charge on any atom is -0.345 e. The molecule has 0 unspecified atom stereocenters. The van der Waals surface area contributed by atoms with Crippen LogP contribution in [0, 0.1) is 11.3 Å². The molecule has 0 saturated heterocycles. The van der Waals surface area contributed by atoms with Gasteiger partial charge in [-0.2, -0.15) is 18.4 Å². The molecule has 0 atom stereocenters. The molecule has 116 valence electrons. The molecule has 0 amide bonds. The summed E-state index contributed by atoms with van der Waals surface area (Å²) in [6, 6.07) is 5.36. The average Bonchev–Trinajstić information content (AvgIpc) is 2.77. The van der Waals surface area contributed by atoms with Gasteiger partial charge in [-0.1, -0.05) is 13.8 Å². The molecular formula is C14H12F3N3OS. The number of aromatic nitrogens is 1. The van der Waals surface area contributed by atoms with Crippen molar-refractivity contribution in [2.75, 3.05) is 5.32 Å². The number of hydrogen-bond acceptors (Lipinski definition) is 4. The lowest BCUT2D eigenvalue weighted by atomic mass is 9.99. The van der Waals surface area contributed by atoms with E-state index < -0.39 is 17.3 Å². The molecule has 4 nitrogen and oxygen atoms in total. The van der Waals surface area contributed by atoms with Crippen LogP contribution in [0.5, 0.6) is 0 Å². The Hall–Kier alpha value is -2.27. The topological polar surface area (TPSA) is 68.7 Å². The molecule has 0 aliphatic rings. The fourth-order valence-corrected chi connectivity index (χ4v) is 2.55. The van der Waals surface area contributed by atoms with Crippen LogP contribution in [0.15, 0.2) is 23.0 Å². The molecule has 1 heterocycles. The van der Waals surface area contributed by atoms with Crippen LogP contribution in [-0.4, -0.2) is 4.37 Å². The SMILES string of the molecule is CC(C)c1cc(Nc2s[nH]c(=O)c2C#N)cc(C(F)(F)F)c1. The normalized spacial score (nSPS) is 11.5. The van der Waals surface area contributed by atoms with Gasteiger partial charge in [0, 0.05) is 5.69 Å². The van der Waals surface area contributed by atoms with E-state index in [2.05, 4.69) is 9.69 Å². The smallest absolute Gasteiger partial charge is 0.345 e. The molecule has 0 bridgehead atoms. The summed E-state index contributed by atoms with van der Waals surface area (Å²) in [6.07, 6.45) is -4.47. The molecule has 2 N–H and O–H groups in total. The predicted octanol–water partition coefficient (Wildman–Crippen LogP) is 4.19. The molecule has 0 fully saturated rings. The molecule has 22 heavy (non-hydrogen) atoms. The molecule has 0 aliphatic carbocycles. The number of hydrogen-bond donors (Lipinski definition) is 2. The zero-order chi connectivity index (χ0) is 16.5. The third kappa shape index (κ3) is 3.31. The van der Waals surface area contributed by atoms with Crippen molar-refractivity contribution in [1.82, 2.24) is 4.37 Å². The van der Waals surface area contributed by atoms with Gasteiger partial charge in [0.2, 0.25) is 0 Å². The first kappa shape index (κ1) is 16.1. The van der Waals surface area contributed by atoms with Crippen molar-refractivity contribution >= 4 is 22.2 Å². The monoisotopic (exact) mass is 327 g/mol. The maximum absolute atomic E-state index is 13.0. The number of rotatable bonds is 3. The average molecular weight is 327 g/mol. The van der Waals surface area contributed by atoms with Gasteiger partial charge in [0.05, 0.1) is 5.56 Å². The van der Waals surface area contributed by atoms with E-state index in [1.165, 1.54) is 0 Å². The maximum atomic E-state index is 13.0. The largest absolute Gasteiger partial charge is 0.416 e. The summed E-state index contributed by atoms with van der Waals surface area (Å²) in [5, 5.41) is 11.8. The molecule has 1 aromatic heterocycles. The predicted molar refractivity (Wildman–Crippen MR) is 78.5 cm³/mol. The zero-order valence-electron chi connectivity index (χ0n) is 11.7. The van der Waals surface area contributed by atoms with Crippen molar-refractivity contribution < 1.29 is 13.2 Å². The Morgan fingerprint density at radius 3 is 2.55 bits per heavy atom. The summed E-state index contributed by atoms with van der Waals surface area (Å²) in [5.74, 6) is -0.0942. The van der Waals surface area contributed by atoms with Crippen molar-refractivity contribution in [2.45, 2.75) is 25.9 Å². The van der Waals surface area contributed by atoms with Crippen LogP contribution in [0.1, 0.15) is 36.5 Å². The number of nitriles is 1. The van der Waals surface area contributed by atoms with Crippen LogP contribution in [0.3, 0.4) is 0 Å². The summed E-state index contributed by atoms with van der Waals surface area (Å²) in [5.41, 5.74) is -0.786. The van der Waals surface area contributed by atoms with E-state index in [4.69, 9.17) is 5.26 Å². The van der Waals surface area contributed by atoms with E-state index >= 15 is 0 Å². The van der Waals surface area contributed by atoms with E-state index in [1.807, 2.05) is 0 Å². The number of halogens is 3. The molecule has 0 aliphatic heterocycles. The van der Waals surface area contributed by atoms with Crippen LogP contribution in [-0.2, 0) is 6.18 Å². The number of alkyl halides is 3. The second-order valence-corrected chi connectivity index (χ2v) is 5.79. The lowest BCUT2D eigenvalue weighted by molar-refractivity contribution is -0.137. The summed E-state index contributed by atoms with van der Waals surface area (Å²) < 4.78 is 41.3. The van der Waals surface area contributed by atoms with Crippen LogP contribution < -0.4 is 10.9 Å². The highest BCUT2D eigenvalue weighted by molar-refractivity contribution is 7.10. The van der Waals surface area contributed by atoms with Gasteiger partial charge in [-0.05, 0) is 41.2 Å². The van der Waals surface area contributed by atoms with Gasteiger partial charge in [-0.3, -0.25) is 9.17 Å². The Bertz CT molecular complexity index is 784. The van der Waals surface area contributed by atoms with Gasteiger partial charge in [0.25, 0.3) is 5.56 Å². The van der Waals surface area contributed by atoms with Crippen molar-refractivity contribution in [3.63, 3.8) is 0 Å². The molecular weight excluding hydrogens is 315 g/mol. The van der Waals surface area contributed by atoms with Crippen molar-refractivity contribution in [3.05, 3.63) is 45.2 Å². The van der Waals surface area contributed by atoms with Crippen LogP contribution >= 0.6 is 11.5 Å². The second-order valence-electron chi connectivity index (χ2n) is 4.97. The first-order chi connectivity index (χ1) is 10.2. The van der Waals surface area contributed by atoms with E-state index in [-0.39, 0.29) is 22.2 Å². The number of aromatic amines is 1. The number of benzene rings is 1. The fourth-order valence-electron chi connectivity index (χ4n) is 1.84. The van der Waals surface area contributed by atoms with Crippen LogP contribution in [0.25, 0.3) is 0 Å². The second kappa shape index (κ2) is 5.85. The Balaban J connectivity index is 2.49. The molecule has 8 heteroatoms. The molecule has 0 saturated carbocycles. The van der Waals surface area contributed by atoms with E-state index in [0.717, 1.165) is 23.7 Å². The van der Waals surface area contributed by atoms with Gasteiger partial charge < -0.3 is 5.32 Å². The third-order valence-electron chi connectivity index (χ3n) is 3.02. The minimum absolute atomic E-state index is 0.0942. The number of anilines is 2. The van der Waals surface area contributed by atoms with Crippen LogP contribution in [0.4, 0.5) is 23.9 Å². The first-order valence-electron chi connectivity index (χ1n) is 6.33. The fraction of sp³-hybridized carbons (Fsp3) is 0.286. The molecule has 2 aromatic rings. The number of nitrogens with one attached hydrogen (secondary N) is 2. The van der Waals surface area contributed by atoms with E-state index in [1.54, 1.807) is 26.0 Å². The summed E-state index contributed by atoms with van der Waals surface area (Å²) >= 11 is 0.871. The van der Waals surface area contributed by atoms with Crippen LogP contribution in [0.2, 0.25) is 0 Å². The Labute approximate surface area is 128 Å². The third-order valence-corrected chi connectivity index (χ3v) is 3.82. The summed E-state index contributed by atoms with van der Waals surface area (Å²) in [6.45, 7) is 3.57. The van der Waals surface area contributed by atoms with Crippen molar-refractivity contribution in [2.24, 2.45) is 0 Å². The lowest BCUT2D eigenvalue weighted by Gasteiger charge is -2.14. The highest BCUT2D eigenvalue weighted by Crippen LogP contribution is 2.35. The van der Waals surface area contributed by atoms with Gasteiger partial charge in [-0.25, -0.2) is 0 Å². The number of H-pyrrole nitrogens is 1. The van der Waals surface area contributed by atoms with Gasteiger partial charge in [0.15, 0.2) is 5.56 Å². The molecule has 0 radical (unpaired) electrons. The maximum Gasteiger partial charge on any atom is 0.416 e. The number of nitrogens with zero attached hydrogens (tertiary/aromatic N) is 1. The Morgan fingerprint density at radius 1 is 1.32 bits per heavy atom.